The summed E-state index contributed by atoms with van der Waals surface area (Å²) in [5.41, 5.74) is 1.95. The highest BCUT2D eigenvalue weighted by atomic mass is 35.5. The first-order chi connectivity index (χ1) is 12.2. The Hall–Kier alpha value is -2.14. The van der Waals surface area contributed by atoms with Gasteiger partial charge in [-0.3, -0.25) is 0 Å². The summed E-state index contributed by atoms with van der Waals surface area (Å²) in [4.78, 5) is 0. The second-order valence-electron chi connectivity index (χ2n) is 5.68. The van der Waals surface area contributed by atoms with Gasteiger partial charge in [0.1, 0.15) is 11.5 Å². The molecule has 1 aliphatic rings. The third-order valence-corrected chi connectivity index (χ3v) is 4.47. The van der Waals surface area contributed by atoms with Crippen LogP contribution >= 0.6 is 23.2 Å². The molecule has 0 fully saturated rings. The zero-order chi connectivity index (χ0) is 17.2. The lowest BCUT2D eigenvalue weighted by molar-refractivity contribution is 0.174. The van der Waals surface area contributed by atoms with Crippen molar-refractivity contribution < 1.29 is 13.9 Å². The minimum Gasteiger partial charge on any atom is -0.460 e. The molecular weight excluding hydrogens is 361 g/mol. The van der Waals surface area contributed by atoms with Crippen LogP contribution in [0.25, 0.3) is 11.3 Å². The van der Waals surface area contributed by atoms with Crippen LogP contribution in [0, 0.1) is 0 Å². The third-order valence-electron chi connectivity index (χ3n) is 3.92. The summed E-state index contributed by atoms with van der Waals surface area (Å²) in [6.45, 7) is 1.60. The highest BCUT2D eigenvalue weighted by molar-refractivity contribution is 6.36. The molecule has 3 aromatic rings. The van der Waals surface area contributed by atoms with E-state index in [1.165, 1.54) is 0 Å². The van der Waals surface area contributed by atoms with Crippen molar-refractivity contribution in [2.75, 3.05) is 6.79 Å². The summed E-state index contributed by atoms with van der Waals surface area (Å²) < 4.78 is 16.6. The fraction of sp³-hybridized carbons (Fsp3) is 0.158. The standard InChI is InChI=1S/C19H15Cl2NO3/c20-13-2-4-15(16(21)8-13)17-6-3-14(25-17)10-22-9-12-1-5-18-19(7-12)24-11-23-18/h1-8,22H,9-11H2. The Labute approximate surface area is 155 Å². The van der Waals surface area contributed by atoms with Crippen LogP contribution in [-0.2, 0) is 13.1 Å². The number of fused-ring (bicyclic) bond motifs is 1. The van der Waals surface area contributed by atoms with Gasteiger partial charge in [-0.1, -0.05) is 29.3 Å². The van der Waals surface area contributed by atoms with E-state index >= 15 is 0 Å². The van der Waals surface area contributed by atoms with Gasteiger partial charge in [0.05, 0.1) is 11.6 Å². The average molecular weight is 376 g/mol. The van der Waals surface area contributed by atoms with Crippen molar-refractivity contribution in [3.8, 4) is 22.8 Å². The van der Waals surface area contributed by atoms with E-state index in [-0.39, 0.29) is 6.79 Å². The van der Waals surface area contributed by atoms with E-state index in [4.69, 9.17) is 37.1 Å². The van der Waals surface area contributed by atoms with Crippen LogP contribution in [0.15, 0.2) is 52.9 Å². The molecule has 0 aliphatic carbocycles. The Morgan fingerprint density at radius 2 is 1.76 bits per heavy atom. The Morgan fingerprint density at radius 3 is 2.64 bits per heavy atom. The molecule has 0 atom stereocenters. The Kier molecular flexibility index (Phi) is 4.57. The van der Waals surface area contributed by atoms with Gasteiger partial charge in [0.25, 0.3) is 0 Å². The number of furan rings is 1. The van der Waals surface area contributed by atoms with E-state index < -0.39 is 0 Å². The van der Waals surface area contributed by atoms with Gasteiger partial charge < -0.3 is 19.2 Å². The largest absolute Gasteiger partial charge is 0.460 e. The number of hydrogen-bond donors (Lipinski definition) is 1. The van der Waals surface area contributed by atoms with Gasteiger partial charge in [0.2, 0.25) is 6.79 Å². The molecule has 0 unspecified atom stereocenters. The topological polar surface area (TPSA) is 43.6 Å². The Balaban J connectivity index is 1.38. The fourth-order valence-electron chi connectivity index (χ4n) is 2.69. The molecule has 6 heteroatoms. The third kappa shape index (κ3) is 3.61. The van der Waals surface area contributed by atoms with Crippen molar-refractivity contribution in [2.24, 2.45) is 0 Å². The molecule has 1 N–H and O–H groups in total. The average Bonchev–Trinajstić information content (AvgIpc) is 3.23. The SMILES string of the molecule is Clc1ccc(-c2ccc(CNCc3ccc4c(c3)OCO4)o2)c(Cl)c1. The summed E-state index contributed by atoms with van der Waals surface area (Å²) in [6, 6.07) is 15.1. The predicted octanol–water partition coefficient (Wildman–Crippen LogP) is 5.27. The molecule has 0 bridgehead atoms. The van der Waals surface area contributed by atoms with Crippen molar-refractivity contribution >= 4 is 23.2 Å². The molecule has 2 heterocycles. The summed E-state index contributed by atoms with van der Waals surface area (Å²) in [7, 11) is 0. The number of nitrogens with one attached hydrogen (secondary N) is 1. The number of hydrogen-bond acceptors (Lipinski definition) is 4. The first-order valence-electron chi connectivity index (χ1n) is 7.82. The monoisotopic (exact) mass is 375 g/mol. The minimum atomic E-state index is 0.286. The molecule has 2 aromatic carbocycles. The van der Waals surface area contributed by atoms with Crippen LogP contribution in [0.2, 0.25) is 10.0 Å². The normalized spacial score (nSPS) is 12.6. The first kappa shape index (κ1) is 16.3. The van der Waals surface area contributed by atoms with Crippen LogP contribution in [0.4, 0.5) is 0 Å². The Bertz CT molecular complexity index is 907. The fourth-order valence-corrected chi connectivity index (χ4v) is 3.19. The maximum atomic E-state index is 6.22. The Morgan fingerprint density at radius 1 is 0.880 bits per heavy atom. The molecular formula is C19H15Cl2NO3. The van der Waals surface area contributed by atoms with Crippen LogP contribution in [0.5, 0.6) is 11.5 Å². The molecule has 128 valence electrons. The number of benzene rings is 2. The van der Waals surface area contributed by atoms with Crippen LogP contribution in [0.3, 0.4) is 0 Å². The van der Waals surface area contributed by atoms with E-state index in [1.807, 2.05) is 36.4 Å². The zero-order valence-electron chi connectivity index (χ0n) is 13.2. The van der Waals surface area contributed by atoms with E-state index in [9.17, 15) is 0 Å². The minimum absolute atomic E-state index is 0.286. The van der Waals surface area contributed by atoms with Crippen LogP contribution in [-0.4, -0.2) is 6.79 Å². The van der Waals surface area contributed by atoms with E-state index in [0.29, 0.717) is 23.1 Å². The second kappa shape index (κ2) is 7.00. The number of halogens is 2. The van der Waals surface area contributed by atoms with Gasteiger partial charge in [0, 0.05) is 17.1 Å². The molecule has 0 saturated carbocycles. The molecule has 0 radical (unpaired) electrons. The molecule has 0 amide bonds. The van der Waals surface area contributed by atoms with E-state index in [0.717, 1.165) is 34.1 Å². The lowest BCUT2D eigenvalue weighted by Crippen LogP contribution is -2.11. The van der Waals surface area contributed by atoms with Crippen LogP contribution in [0.1, 0.15) is 11.3 Å². The van der Waals surface area contributed by atoms with Crippen molar-refractivity contribution in [1.29, 1.82) is 0 Å². The highest BCUT2D eigenvalue weighted by Crippen LogP contribution is 2.33. The summed E-state index contributed by atoms with van der Waals surface area (Å²) in [5.74, 6) is 3.14. The smallest absolute Gasteiger partial charge is 0.231 e. The lowest BCUT2D eigenvalue weighted by Gasteiger charge is -2.05. The summed E-state index contributed by atoms with van der Waals surface area (Å²) in [5, 5.41) is 4.53. The van der Waals surface area contributed by atoms with Crippen molar-refractivity contribution in [1.82, 2.24) is 5.32 Å². The van der Waals surface area contributed by atoms with Crippen molar-refractivity contribution in [2.45, 2.75) is 13.1 Å². The van der Waals surface area contributed by atoms with Gasteiger partial charge in [-0.25, -0.2) is 0 Å². The molecule has 1 aromatic heterocycles. The molecule has 25 heavy (non-hydrogen) atoms. The quantitative estimate of drug-likeness (QED) is 0.659. The maximum absolute atomic E-state index is 6.22. The second-order valence-corrected chi connectivity index (χ2v) is 6.52. The van der Waals surface area contributed by atoms with Gasteiger partial charge in [-0.2, -0.15) is 0 Å². The molecule has 4 nitrogen and oxygen atoms in total. The molecule has 0 spiro atoms. The molecule has 1 aliphatic heterocycles. The maximum Gasteiger partial charge on any atom is 0.231 e. The van der Waals surface area contributed by atoms with Crippen LogP contribution < -0.4 is 14.8 Å². The van der Waals surface area contributed by atoms with E-state index in [2.05, 4.69) is 5.32 Å². The van der Waals surface area contributed by atoms with Gasteiger partial charge in [-0.05, 0) is 48.0 Å². The van der Waals surface area contributed by atoms with Gasteiger partial charge in [0.15, 0.2) is 11.5 Å². The van der Waals surface area contributed by atoms with Crippen molar-refractivity contribution in [3.63, 3.8) is 0 Å². The lowest BCUT2D eigenvalue weighted by atomic mass is 10.2. The van der Waals surface area contributed by atoms with Gasteiger partial charge in [-0.15, -0.1) is 0 Å². The summed E-state index contributed by atoms with van der Waals surface area (Å²) in [6.07, 6.45) is 0. The predicted molar refractivity (Wildman–Crippen MR) is 97.3 cm³/mol. The molecule has 0 saturated heterocycles. The van der Waals surface area contributed by atoms with Gasteiger partial charge >= 0.3 is 0 Å². The summed E-state index contributed by atoms with van der Waals surface area (Å²) >= 11 is 12.2. The zero-order valence-corrected chi connectivity index (χ0v) is 14.7. The molecule has 4 rings (SSSR count). The number of ether oxygens (including phenoxy) is 2. The number of rotatable bonds is 5. The highest BCUT2D eigenvalue weighted by Gasteiger charge is 2.13. The van der Waals surface area contributed by atoms with E-state index in [1.54, 1.807) is 12.1 Å². The van der Waals surface area contributed by atoms with Crippen molar-refractivity contribution in [3.05, 3.63) is 69.9 Å². The first-order valence-corrected chi connectivity index (χ1v) is 8.58.